The van der Waals surface area contributed by atoms with Gasteiger partial charge in [-0.25, -0.2) is 4.98 Å². The van der Waals surface area contributed by atoms with E-state index < -0.39 is 0 Å². The van der Waals surface area contributed by atoms with Gasteiger partial charge in [-0.05, 0) is 12.1 Å². The molecule has 0 radical (unpaired) electrons. The number of carbonyl (C=O) groups is 1. The van der Waals surface area contributed by atoms with Gasteiger partial charge in [0.25, 0.3) is 11.1 Å². The Morgan fingerprint density at radius 2 is 1.83 bits per heavy atom. The summed E-state index contributed by atoms with van der Waals surface area (Å²) in [6.45, 7) is 0.172. The molecule has 4 aromatic rings. The van der Waals surface area contributed by atoms with Gasteiger partial charge >= 0.3 is 0 Å². The molecule has 1 amide bonds. The molecule has 0 atom stereocenters. The van der Waals surface area contributed by atoms with Crippen molar-refractivity contribution in [1.29, 1.82) is 0 Å². The molecule has 29 heavy (non-hydrogen) atoms. The molecule has 0 saturated carbocycles. The van der Waals surface area contributed by atoms with Gasteiger partial charge in [0.15, 0.2) is 11.7 Å². The summed E-state index contributed by atoms with van der Waals surface area (Å²) in [4.78, 5) is 16.6. The normalized spacial score (nSPS) is 10.6. The Morgan fingerprint density at radius 1 is 1.07 bits per heavy atom. The molecular formula is C20H16N4O3S2. The molecule has 0 spiro atoms. The molecule has 4 rings (SSSR count). The summed E-state index contributed by atoms with van der Waals surface area (Å²) in [6, 6.07) is 19.2. The number of amides is 1. The lowest BCUT2D eigenvalue weighted by Crippen LogP contribution is -2.13. The number of thioether (sulfide) groups is 1. The Kier molecular flexibility index (Phi) is 6.18. The van der Waals surface area contributed by atoms with Gasteiger partial charge in [-0.3, -0.25) is 4.79 Å². The summed E-state index contributed by atoms with van der Waals surface area (Å²) in [5.74, 6) is 1.02. The van der Waals surface area contributed by atoms with Crippen molar-refractivity contribution < 1.29 is 13.9 Å². The van der Waals surface area contributed by atoms with Gasteiger partial charge in [0.2, 0.25) is 5.91 Å². The van der Waals surface area contributed by atoms with Gasteiger partial charge in [-0.15, -0.1) is 21.5 Å². The molecule has 7 nitrogen and oxygen atoms in total. The van der Waals surface area contributed by atoms with E-state index in [2.05, 4.69) is 20.5 Å². The molecule has 9 heteroatoms. The second-order valence-electron chi connectivity index (χ2n) is 5.80. The first-order valence-corrected chi connectivity index (χ1v) is 10.6. The van der Waals surface area contributed by atoms with Gasteiger partial charge in [-0.1, -0.05) is 60.3 Å². The molecule has 146 valence electrons. The fraction of sp³-hybridized carbons (Fsp3) is 0.100. The smallest absolute Gasteiger partial charge is 0.277 e. The number of nitrogens with one attached hydrogen (secondary N) is 1. The average Bonchev–Trinajstić information content (AvgIpc) is 3.42. The first-order valence-electron chi connectivity index (χ1n) is 8.70. The standard InChI is InChI=1S/C20H16N4O3S2/c25-17(22-19-21-16(12-28-19)14-7-3-1-4-8-14)13-29-20-24-23-18(27-20)11-26-15-9-5-2-6-10-15/h1-10,12H,11,13H2,(H,21,22,25). The van der Waals surface area contributed by atoms with Crippen LogP contribution in [0.5, 0.6) is 5.75 Å². The molecule has 0 saturated heterocycles. The van der Waals surface area contributed by atoms with E-state index >= 15 is 0 Å². The number of thiazole rings is 1. The first-order chi connectivity index (χ1) is 14.3. The van der Waals surface area contributed by atoms with Crippen molar-refractivity contribution in [3.05, 3.63) is 71.9 Å². The third-order valence-corrected chi connectivity index (χ3v) is 5.28. The van der Waals surface area contributed by atoms with E-state index in [1.165, 1.54) is 11.3 Å². The van der Waals surface area contributed by atoms with Crippen LogP contribution in [0.1, 0.15) is 5.89 Å². The van der Waals surface area contributed by atoms with Crippen molar-refractivity contribution in [3.8, 4) is 17.0 Å². The lowest BCUT2D eigenvalue weighted by Gasteiger charge is -2.01. The monoisotopic (exact) mass is 424 g/mol. The number of hydrogen-bond donors (Lipinski definition) is 1. The molecule has 0 aliphatic heterocycles. The van der Waals surface area contributed by atoms with Crippen LogP contribution >= 0.6 is 23.1 Å². The maximum Gasteiger partial charge on any atom is 0.277 e. The lowest BCUT2D eigenvalue weighted by molar-refractivity contribution is -0.113. The van der Waals surface area contributed by atoms with E-state index in [-0.39, 0.29) is 18.3 Å². The predicted octanol–water partition coefficient (Wildman–Crippen LogP) is 4.50. The number of aromatic nitrogens is 3. The third-order valence-electron chi connectivity index (χ3n) is 3.70. The number of anilines is 1. The second-order valence-corrected chi connectivity index (χ2v) is 7.59. The van der Waals surface area contributed by atoms with Crippen LogP contribution in [0.15, 0.2) is 75.7 Å². The van der Waals surface area contributed by atoms with E-state index in [4.69, 9.17) is 9.15 Å². The minimum absolute atomic E-state index is 0.140. The van der Waals surface area contributed by atoms with Crippen LogP contribution < -0.4 is 10.1 Å². The summed E-state index contributed by atoms with van der Waals surface area (Å²) >= 11 is 2.55. The van der Waals surface area contributed by atoms with Gasteiger partial charge in [-0.2, -0.15) is 0 Å². The SMILES string of the molecule is O=C(CSc1nnc(COc2ccccc2)o1)Nc1nc(-c2ccccc2)cs1. The van der Waals surface area contributed by atoms with Gasteiger partial charge in [0.1, 0.15) is 5.75 Å². The average molecular weight is 425 g/mol. The summed E-state index contributed by atoms with van der Waals surface area (Å²) < 4.78 is 11.0. The molecule has 0 unspecified atom stereocenters. The van der Waals surface area contributed by atoms with Crippen molar-refractivity contribution in [3.63, 3.8) is 0 Å². The van der Waals surface area contributed by atoms with Gasteiger partial charge in [0.05, 0.1) is 11.4 Å². The largest absolute Gasteiger partial charge is 0.484 e. The first kappa shape index (κ1) is 19.2. The number of hydrogen-bond acceptors (Lipinski definition) is 8. The molecule has 0 fully saturated rings. The fourth-order valence-corrected chi connectivity index (χ4v) is 3.69. The molecule has 0 aliphatic rings. The Balaban J connectivity index is 1.25. The predicted molar refractivity (Wildman–Crippen MR) is 112 cm³/mol. The second kappa shape index (κ2) is 9.35. The quantitative estimate of drug-likeness (QED) is 0.416. The Morgan fingerprint density at radius 3 is 2.62 bits per heavy atom. The summed E-state index contributed by atoms with van der Waals surface area (Å²) in [5.41, 5.74) is 1.84. The van der Waals surface area contributed by atoms with Crippen LogP contribution in [-0.4, -0.2) is 26.8 Å². The van der Waals surface area contributed by atoms with Gasteiger partial charge in [0, 0.05) is 10.9 Å². The molecule has 0 aliphatic carbocycles. The van der Waals surface area contributed by atoms with Crippen molar-refractivity contribution >= 4 is 34.1 Å². The highest BCUT2D eigenvalue weighted by Crippen LogP contribution is 2.25. The molecule has 1 N–H and O–H groups in total. The Bertz CT molecular complexity index is 1070. The highest BCUT2D eigenvalue weighted by molar-refractivity contribution is 7.99. The molecule has 0 bridgehead atoms. The van der Waals surface area contributed by atoms with E-state index in [1.54, 1.807) is 0 Å². The summed E-state index contributed by atoms with van der Waals surface area (Å²) in [7, 11) is 0. The highest BCUT2D eigenvalue weighted by Gasteiger charge is 2.12. The zero-order valence-electron chi connectivity index (χ0n) is 15.1. The van der Waals surface area contributed by atoms with Gasteiger partial charge < -0.3 is 14.5 Å². The molecular weight excluding hydrogens is 408 g/mol. The molecule has 2 aromatic carbocycles. The number of ether oxygens (including phenoxy) is 1. The number of benzene rings is 2. The zero-order chi connectivity index (χ0) is 19.9. The fourth-order valence-electron chi connectivity index (χ4n) is 2.37. The van der Waals surface area contributed by atoms with Crippen molar-refractivity contribution in [2.24, 2.45) is 0 Å². The van der Waals surface area contributed by atoms with Crippen LogP contribution in [0.3, 0.4) is 0 Å². The van der Waals surface area contributed by atoms with E-state index in [0.717, 1.165) is 28.8 Å². The van der Waals surface area contributed by atoms with E-state index in [0.29, 0.717) is 16.2 Å². The number of rotatable bonds is 8. The number of nitrogens with zero attached hydrogens (tertiary/aromatic N) is 3. The van der Waals surface area contributed by atoms with Crippen molar-refractivity contribution in [1.82, 2.24) is 15.2 Å². The van der Waals surface area contributed by atoms with Crippen molar-refractivity contribution in [2.45, 2.75) is 11.8 Å². The maximum atomic E-state index is 12.2. The van der Waals surface area contributed by atoms with Crippen LogP contribution in [0, 0.1) is 0 Å². The number of para-hydroxylation sites is 1. The third kappa shape index (κ3) is 5.43. The van der Waals surface area contributed by atoms with Crippen LogP contribution in [-0.2, 0) is 11.4 Å². The zero-order valence-corrected chi connectivity index (χ0v) is 16.8. The van der Waals surface area contributed by atoms with E-state index in [1.807, 2.05) is 66.0 Å². The Hall–Kier alpha value is -3.17. The molecule has 2 aromatic heterocycles. The molecule has 2 heterocycles. The minimum Gasteiger partial charge on any atom is -0.484 e. The summed E-state index contributed by atoms with van der Waals surface area (Å²) in [6.07, 6.45) is 0. The van der Waals surface area contributed by atoms with Crippen LogP contribution in [0.4, 0.5) is 5.13 Å². The van der Waals surface area contributed by atoms with Crippen molar-refractivity contribution in [2.75, 3.05) is 11.1 Å². The lowest BCUT2D eigenvalue weighted by atomic mass is 10.2. The maximum absolute atomic E-state index is 12.2. The highest BCUT2D eigenvalue weighted by atomic mass is 32.2. The van der Waals surface area contributed by atoms with E-state index in [9.17, 15) is 4.79 Å². The topological polar surface area (TPSA) is 90.1 Å². The minimum atomic E-state index is -0.191. The van der Waals surface area contributed by atoms with Crippen LogP contribution in [0.25, 0.3) is 11.3 Å². The summed E-state index contributed by atoms with van der Waals surface area (Å²) in [5, 5.41) is 13.4. The number of carbonyl (C=O) groups excluding carboxylic acids is 1. The Labute approximate surface area is 175 Å². The van der Waals surface area contributed by atoms with Crippen LogP contribution in [0.2, 0.25) is 0 Å².